The number of nitrogens with zero attached hydrogens (tertiary/aromatic N) is 3. The van der Waals surface area contributed by atoms with Gasteiger partial charge in [-0.2, -0.15) is 0 Å². The van der Waals surface area contributed by atoms with Crippen LogP contribution in [0.15, 0.2) is 17.8 Å². The first-order valence-electron chi connectivity index (χ1n) is 6.53. The minimum absolute atomic E-state index is 0.485. The van der Waals surface area contributed by atoms with Crippen molar-refractivity contribution >= 4 is 22.3 Å². The van der Waals surface area contributed by atoms with Gasteiger partial charge in [0.2, 0.25) is 0 Å². The highest BCUT2D eigenvalue weighted by atomic mass is 32.1. The number of aromatic nitrogens is 3. The Morgan fingerprint density at radius 1 is 1.26 bits per heavy atom. The Morgan fingerprint density at radius 2 is 2.05 bits per heavy atom. The Balaban J connectivity index is 1.84. The molecule has 1 aliphatic heterocycles. The van der Waals surface area contributed by atoms with Gasteiger partial charge in [-0.15, -0.1) is 11.3 Å². The topological polar surface area (TPSA) is 62.7 Å². The van der Waals surface area contributed by atoms with Crippen LogP contribution in [0.4, 0.5) is 10.9 Å². The van der Waals surface area contributed by atoms with Crippen LogP contribution in [-0.2, 0) is 0 Å². The summed E-state index contributed by atoms with van der Waals surface area (Å²) in [6.07, 6.45) is 5.73. The molecule has 2 N–H and O–H groups in total. The maximum Gasteiger partial charge on any atom is 0.188 e. The molecule has 0 unspecified atom stereocenters. The van der Waals surface area contributed by atoms with E-state index in [1.165, 1.54) is 0 Å². The van der Waals surface area contributed by atoms with E-state index in [-0.39, 0.29) is 0 Å². The van der Waals surface area contributed by atoms with E-state index < -0.39 is 0 Å². The van der Waals surface area contributed by atoms with Gasteiger partial charge in [0.25, 0.3) is 0 Å². The number of hydrogen-bond acceptors (Lipinski definition) is 6. The van der Waals surface area contributed by atoms with Gasteiger partial charge in [-0.1, -0.05) is 0 Å². The molecule has 100 valence electrons. The van der Waals surface area contributed by atoms with Crippen molar-refractivity contribution in [3.63, 3.8) is 0 Å². The van der Waals surface area contributed by atoms with Crippen LogP contribution >= 0.6 is 11.3 Å². The summed E-state index contributed by atoms with van der Waals surface area (Å²) in [4.78, 5) is 13.4. The van der Waals surface area contributed by atoms with Crippen molar-refractivity contribution in [3.8, 4) is 0 Å². The molecule has 0 aliphatic carbocycles. The lowest BCUT2D eigenvalue weighted by Crippen LogP contribution is -2.27. The Morgan fingerprint density at radius 3 is 2.79 bits per heavy atom. The van der Waals surface area contributed by atoms with E-state index in [9.17, 15) is 0 Å². The highest BCUT2D eigenvalue weighted by molar-refractivity contribution is 7.13. The van der Waals surface area contributed by atoms with E-state index in [0.717, 1.165) is 48.3 Å². The van der Waals surface area contributed by atoms with Crippen molar-refractivity contribution in [2.45, 2.75) is 25.7 Å². The third kappa shape index (κ3) is 2.90. The summed E-state index contributed by atoms with van der Waals surface area (Å²) >= 11 is 1.60. The van der Waals surface area contributed by atoms with Crippen LogP contribution in [-0.4, -0.2) is 28.0 Å². The van der Waals surface area contributed by atoms with Gasteiger partial charge in [0, 0.05) is 23.7 Å². The lowest BCUT2D eigenvalue weighted by atomic mass is 9.94. The number of hydrogen-bond donors (Lipinski definition) is 2. The van der Waals surface area contributed by atoms with E-state index in [2.05, 4.69) is 25.6 Å². The fraction of sp³-hybridized carbons (Fsp3) is 0.462. The summed E-state index contributed by atoms with van der Waals surface area (Å²) in [7, 11) is 0. The third-order valence-corrected chi connectivity index (χ3v) is 4.17. The van der Waals surface area contributed by atoms with Gasteiger partial charge >= 0.3 is 0 Å². The van der Waals surface area contributed by atoms with Crippen LogP contribution in [0.25, 0.3) is 0 Å². The average Bonchev–Trinajstić information content (AvgIpc) is 2.86. The average molecular weight is 275 g/mol. The van der Waals surface area contributed by atoms with E-state index in [1.54, 1.807) is 23.7 Å². The van der Waals surface area contributed by atoms with Gasteiger partial charge in [-0.3, -0.25) is 4.98 Å². The highest BCUT2D eigenvalue weighted by Crippen LogP contribution is 2.30. The SMILES string of the molecule is Cc1csc(Nc2nccnc2C2CCNCC2)n1. The Bertz CT molecular complexity index is 547. The summed E-state index contributed by atoms with van der Waals surface area (Å²) in [5.74, 6) is 1.34. The predicted molar refractivity (Wildman–Crippen MR) is 77.0 cm³/mol. The highest BCUT2D eigenvalue weighted by Gasteiger charge is 2.20. The molecule has 3 rings (SSSR count). The van der Waals surface area contributed by atoms with Crippen molar-refractivity contribution in [1.29, 1.82) is 0 Å². The van der Waals surface area contributed by atoms with Gasteiger partial charge in [0.15, 0.2) is 10.9 Å². The van der Waals surface area contributed by atoms with Gasteiger partial charge in [-0.25, -0.2) is 9.97 Å². The molecule has 0 atom stereocenters. The molecule has 5 nitrogen and oxygen atoms in total. The predicted octanol–water partition coefficient (Wildman–Crippen LogP) is 2.45. The molecular formula is C13H17N5S. The van der Waals surface area contributed by atoms with Crippen molar-refractivity contribution in [1.82, 2.24) is 20.3 Å². The maximum absolute atomic E-state index is 4.53. The molecule has 0 radical (unpaired) electrons. The zero-order valence-corrected chi connectivity index (χ0v) is 11.7. The number of nitrogens with one attached hydrogen (secondary N) is 2. The molecule has 0 bridgehead atoms. The molecule has 1 saturated heterocycles. The zero-order chi connectivity index (χ0) is 13.1. The second-order valence-electron chi connectivity index (χ2n) is 4.73. The first kappa shape index (κ1) is 12.5. The molecule has 1 fully saturated rings. The Labute approximate surface area is 116 Å². The largest absolute Gasteiger partial charge is 0.317 e. The molecule has 0 amide bonds. The molecular weight excluding hydrogens is 258 g/mol. The molecule has 3 heterocycles. The molecule has 0 spiro atoms. The minimum Gasteiger partial charge on any atom is -0.317 e. The van der Waals surface area contributed by atoms with E-state index in [4.69, 9.17) is 0 Å². The maximum atomic E-state index is 4.53. The number of aryl methyl sites for hydroxylation is 1. The minimum atomic E-state index is 0.485. The normalized spacial score (nSPS) is 16.5. The smallest absolute Gasteiger partial charge is 0.188 e. The second kappa shape index (κ2) is 5.63. The van der Waals surface area contributed by atoms with Crippen LogP contribution in [0.3, 0.4) is 0 Å². The number of piperidine rings is 1. The van der Waals surface area contributed by atoms with Gasteiger partial charge < -0.3 is 10.6 Å². The van der Waals surface area contributed by atoms with Crippen LogP contribution in [0, 0.1) is 6.92 Å². The van der Waals surface area contributed by atoms with Gasteiger partial charge in [0.1, 0.15) is 0 Å². The number of rotatable bonds is 3. The zero-order valence-electron chi connectivity index (χ0n) is 10.9. The van der Waals surface area contributed by atoms with Crippen LogP contribution < -0.4 is 10.6 Å². The fourth-order valence-corrected chi connectivity index (χ4v) is 3.04. The summed E-state index contributed by atoms with van der Waals surface area (Å²) in [6, 6.07) is 0. The Kier molecular flexibility index (Phi) is 3.70. The standard InChI is InChI=1S/C13H17N5S/c1-9-8-19-13(17-9)18-12-11(15-6-7-16-12)10-2-4-14-5-3-10/h6-8,10,14H,2-5H2,1H3,(H,16,17,18). The lowest BCUT2D eigenvalue weighted by molar-refractivity contribution is 0.453. The number of thiazole rings is 1. The fourth-order valence-electron chi connectivity index (χ4n) is 2.35. The molecule has 0 aromatic carbocycles. The molecule has 1 aliphatic rings. The van der Waals surface area contributed by atoms with E-state index in [0.29, 0.717) is 5.92 Å². The molecule has 0 saturated carbocycles. The monoisotopic (exact) mass is 275 g/mol. The van der Waals surface area contributed by atoms with Crippen molar-refractivity contribution in [3.05, 3.63) is 29.2 Å². The van der Waals surface area contributed by atoms with Gasteiger partial charge in [0.05, 0.1) is 11.4 Å². The van der Waals surface area contributed by atoms with E-state index >= 15 is 0 Å². The van der Waals surface area contributed by atoms with Crippen molar-refractivity contribution in [2.24, 2.45) is 0 Å². The molecule has 2 aromatic rings. The van der Waals surface area contributed by atoms with Crippen LogP contribution in [0.5, 0.6) is 0 Å². The summed E-state index contributed by atoms with van der Waals surface area (Å²) in [6.45, 7) is 4.10. The molecule has 6 heteroatoms. The van der Waals surface area contributed by atoms with Crippen molar-refractivity contribution < 1.29 is 0 Å². The third-order valence-electron chi connectivity index (χ3n) is 3.30. The number of anilines is 2. The van der Waals surface area contributed by atoms with E-state index in [1.807, 2.05) is 12.3 Å². The van der Waals surface area contributed by atoms with Gasteiger partial charge in [-0.05, 0) is 32.9 Å². The molecule has 2 aromatic heterocycles. The summed E-state index contributed by atoms with van der Waals surface area (Å²) in [5, 5.41) is 9.60. The van der Waals surface area contributed by atoms with Crippen LogP contribution in [0.1, 0.15) is 30.1 Å². The lowest BCUT2D eigenvalue weighted by Gasteiger charge is -2.23. The first-order chi connectivity index (χ1) is 9.33. The first-order valence-corrected chi connectivity index (χ1v) is 7.41. The second-order valence-corrected chi connectivity index (χ2v) is 5.59. The van der Waals surface area contributed by atoms with Crippen LogP contribution in [0.2, 0.25) is 0 Å². The Hall–Kier alpha value is -1.53. The van der Waals surface area contributed by atoms with Crippen molar-refractivity contribution in [2.75, 3.05) is 18.4 Å². The summed E-state index contributed by atoms with van der Waals surface area (Å²) < 4.78 is 0. The summed E-state index contributed by atoms with van der Waals surface area (Å²) in [5.41, 5.74) is 2.09. The quantitative estimate of drug-likeness (QED) is 0.901. The molecule has 19 heavy (non-hydrogen) atoms.